The predicted octanol–water partition coefficient (Wildman–Crippen LogP) is 3.11. The number of hydrogen-bond acceptors (Lipinski definition) is 3. The summed E-state index contributed by atoms with van der Waals surface area (Å²) in [5, 5.41) is 11.7. The molecule has 1 N–H and O–H groups in total. The molecular formula is C16H17F3N4O. The van der Waals surface area contributed by atoms with Gasteiger partial charge >= 0.3 is 6.18 Å². The summed E-state index contributed by atoms with van der Waals surface area (Å²) in [5.41, 5.74) is -0.793. The van der Waals surface area contributed by atoms with E-state index >= 15 is 0 Å². The topological polar surface area (TPSA) is 70.7 Å². The van der Waals surface area contributed by atoms with Gasteiger partial charge in [-0.3, -0.25) is 4.79 Å². The lowest BCUT2D eigenvalue weighted by Gasteiger charge is -2.27. The molecule has 5 nitrogen and oxygen atoms in total. The molecule has 0 saturated heterocycles. The molecule has 0 aliphatic rings. The molecule has 24 heavy (non-hydrogen) atoms. The van der Waals surface area contributed by atoms with Gasteiger partial charge in [-0.15, -0.1) is 0 Å². The number of nitrogens with zero attached hydrogens (tertiary/aromatic N) is 3. The SMILES string of the molecule is CC(C)[C@](C)(C#N)NC(=O)Cn1c(C(F)(F)F)nc2ccccc21. The van der Waals surface area contributed by atoms with E-state index in [4.69, 9.17) is 0 Å². The third-order valence-corrected chi connectivity index (χ3v) is 4.00. The Balaban J connectivity index is 2.39. The molecule has 0 fully saturated rings. The van der Waals surface area contributed by atoms with Crippen LogP contribution in [0.2, 0.25) is 0 Å². The van der Waals surface area contributed by atoms with E-state index in [-0.39, 0.29) is 17.0 Å². The van der Waals surface area contributed by atoms with Crippen LogP contribution in [0, 0.1) is 17.2 Å². The first-order valence-corrected chi connectivity index (χ1v) is 7.33. The number of nitriles is 1. The van der Waals surface area contributed by atoms with Crippen molar-refractivity contribution in [2.75, 3.05) is 0 Å². The molecular weight excluding hydrogens is 321 g/mol. The number of para-hydroxylation sites is 2. The third kappa shape index (κ3) is 3.35. The van der Waals surface area contributed by atoms with Crippen molar-refractivity contribution in [3.05, 3.63) is 30.1 Å². The van der Waals surface area contributed by atoms with Crippen LogP contribution in [0.15, 0.2) is 24.3 Å². The maximum atomic E-state index is 13.2. The Morgan fingerprint density at radius 3 is 2.54 bits per heavy atom. The lowest BCUT2D eigenvalue weighted by atomic mass is 9.90. The van der Waals surface area contributed by atoms with E-state index in [9.17, 15) is 23.2 Å². The maximum absolute atomic E-state index is 13.2. The quantitative estimate of drug-likeness (QED) is 0.931. The lowest BCUT2D eigenvalue weighted by Crippen LogP contribution is -2.50. The van der Waals surface area contributed by atoms with Gasteiger partial charge in [0.2, 0.25) is 11.7 Å². The summed E-state index contributed by atoms with van der Waals surface area (Å²) in [6.45, 7) is 4.46. The number of fused-ring (bicyclic) bond motifs is 1. The number of benzene rings is 1. The van der Waals surface area contributed by atoms with Gasteiger partial charge in [0.05, 0.1) is 17.1 Å². The minimum Gasteiger partial charge on any atom is -0.336 e. The van der Waals surface area contributed by atoms with Gasteiger partial charge in [-0.25, -0.2) is 4.98 Å². The van der Waals surface area contributed by atoms with Crippen LogP contribution in [-0.4, -0.2) is 21.0 Å². The van der Waals surface area contributed by atoms with Crippen molar-refractivity contribution in [3.63, 3.8) is 0 Å². The third-order valence-electron chi connectivity index (χ3n) is 4.00. The average Bonchev–Trinajstić information content (AvgIpc) is 2.86. The first kappa shape index (κ1) is 17.8. The van der Waals surface area contributed by atoms with Crippen LogP contribution in [0.1, 0.15) is 26.6 Å². The minimum atomic E-state index is -4.68. The van der Waals surface area contributed by atoms with Crippen molar-refractivity contribution >= 4 is 16.9 Å². The van der Waals surface area contributed by atoms with Crippen LogP contribution < -0.4 is 5.32 Å². The number of carbonyl (C=O) groups excluding carboxylic acids is 1. The summed E-state index contributed by atoms with van der Waals surface area (Å²) >= 11 is 0. The highest BCUT2D eigenvalue weighted by atomic mass is 19.4. The van der Waals surface area contributed by atoms with Crippen LogP contribution in [0.3, 0.4) is 0 Å². The van der Waals surface area contributed by atoms with E-state index in [0.29, 0.717) is 0 Å². The van der Waals surface area contributed by atoms with Crippen molar-refractivity contribution in [2.45, 2.75) is 39.0 Å². The number of nitrogens with one attached hydrogen (secondary N) is 1. The number of aromatic nitrogens is 2. The summed E-state index contributed by atoms with van der Waals surface area (Å²) < 4.78 is 40.4. The van der Waals surface area contributed by atoms with Crippen LogP contribution in [0.4, 0.5) is 13.2 Å². The van der Waals surface area contributed by atoms with Crippen molar-refractivity contribution in [3.8, 4) is 6.07 Å². The summed E-state index contributed by atoms with van der Waals surface area (Å²) in [4.78, 5) is 15.8. The van der Waals surface area contributed by atoms with Gasteiger partial charge in [-0.1, -0.05) is 26.0 Å². The van der Waals surface area contributed by atoms with Gasteiger partial charge < -0.3 is 9.88 Å². The second kappa shape index (κ2) is 6.15. The Labute approximate surface area is 137 Å². The van der Waals surface area contributed by atoms with Gasteiger partial charge in [0, 0.05) is 0 Å². The maximum Gasteiger partial charge on any atom is 0.449 e. The average molecular weight is 338 g/mol. The van der Waals surface area contributed by atoms with Gasteiger partial charge in [-0.05, 0) is 25.0 Å². The Hall–Kier alpha value is -2.56. The molecule has 1 atom stereocenters. The molecule has 2 aromatic rings. The van der Waals surface area contributed by atoms with Gasteiger partial charge in [0.1, 0.15) is 12.1 Å². The van der Waals surface area contributed by atoms with Gasteiger partial charge in [-0.2, -0.15) is 18.4 Å². The highest BCUT2D eigenvalue weighted by Gasteiger charge is 2.38. The zero-order chi connectivity index (χ0) is 18.1. The molecule has 0 radical (unpaired) electrons. The number of hydrogen-bond donors (Lipinski definition) is 1. The minimum absolute atomic E-state index is 0.157. The van der Waals surface area contributed by atoms with E-state index in [1.165, 1.54) is 19.1 Å². The predicted molar refractivity (Wildman–Crippen MR) is 81.7 cm³/mol. The molecule has 0 spiro atoms. The first-order chi connectivity index (χ1) is 11.1. The smallest absolute Gasteiger partial charge is 0.336 e. The molecule has 0 bridgehead atoms. The van der Waals surface area contributed by atoms with Crippen LogP contribution >= 0.6 is 0 Å². The molecule has 0 saturated carbocycles. The summed E-state index contributed by atoms with van der Waals surface area (Å²) in [7, 11) is 0. The van der Waals surface area contributed by atoms with E-state index < -0.39 is 30.0 Å². The lowest BCUT2D eigenvalue weighted by molar-refractivity contribution is -0.147. The summed E-state index contributed by atoms with van der Waals surface area (Å²) in [6, 6.07) is 8.06. The Morgan fingerprint density at radius 2 is 2.00 bits per heavy atom. The summed E-state index contributed by atoms with van der Waals surface area (Å²) in [6.07, 6.45) is -4.68. The highest BCUT2D eigenvalue weighted by Crippen LogP contribution is 2.31. The normalized spacial score (nSPS) is 14.4. The van der Waals surface area contributed by atoms with Crippen molar-refractivity contribution < 1.29 is 18.0 Å². The van der Waals surface area contributed by atoms with Crippen molar-refractivity contribution in [1.29, 1.82) is 5.26 Å². The molecule has 1 amide bonds. The second-order valence-electron chi connectivity index (χ2n) is 6.03. The Morgan fingerprint density at radius 1 is 1.38 bits per heavy atom. The van der Waals surface area contributed by atoms with E-state index in [2.05, 4.69) is 10.3 Å². The molecule has 0 aliphatic heterocycles. The first-order valence-electron chi connectivity index (χ1n) is 7.33. The van der Waals surface area contributed by atoms with Crippen LogP contribution in [-0.2, 0) is 17.5 Å². The van der Waals surface area contributed by atoms with E-state index in [1.54, 1.807) is 26.0 Å². The number of halogens is 3. The molecule has 0 aliphatic carbocycles. The fourth-order valence-corrected chi connectivity index (χ4v) is 2.23. The number of amides is 1. The van der Waals surface area contributed by atoms with E-state index in [1.807, 2.05) is 6.07 Å². The molecule has 1 aromatic heterocycles. The molecule has 128 valence electrons. The molecule has 0 unspecified atom stereocenters. The zero-order valence-corrected chi connectivity index (χ0v) is 13.5. The number of imidazole rings is 1. The number of alkyl halides is 3. The van der Waals surface area contributed by atoms with Crippen molar-refractivity contribution in [2.24, 2.45) is 5.92 Å². The van der Waals surface area contributed by atoms with E-state index in [0.717, 1.165) is 4.57 Å². The molecule has 1 heterocycles. The monoisotopic (exact) mass is 338 g/mol. The molecule has 8 heteroatoms. The molecule has 2 rings (SSSR count). The van der Waals surface area contributed by atoms with Crippen LogP contribution in [0.5, 0.6) is 0 Å². The highest BCUT2D eigenvalue weighted by molar-refractivity contribution is 5.81. The number of rotatable bonds is 4. The summed E-state index contributed by atoms with van der Waals surface area (Å²) in [5.74, 6) is -2.02. The fourth-order valence-electron chi connectivity index (χ4n) is 2.23. The van der Waals surface area contributed by atoms with Gasteiger partial charge in [0.25, 0.3) is 0 Å². The fraction of sp³-hybridized carbons (Fsp3) is 0.438. The number of carbonyl (C=O) groups is 1. The Kier molecular flexibility index (Phi) is 4.56. The standard InChI is InChI=1S/C16H17F3N4O/c1-10(2)15(3,9-20)22-13(24)8-23-12-7-5-4-6-11(12)21-14(23)16(17,18)19/h4-7,10H,8H2,1-3H3,(H,22,24)/t15-/m0/s1. The Bertz CT molecular complexity index is 804. The largest absolute Gasteiger partial charge is 0.449 e. The molecule has 1 aromatic carbocycles. The second-order valence-corrected chi connectivity index (χ2v) is 6.03. The van der Waals surface area contributed by atoms with Crippen LogP contribution in [0.25, 0.3) is 11.0 Å². The zero-order valence-electron chi connectivity index (χ0n) is 13.5. The van der Waals surface area contributed by atoms with Gasteiger partial charge in [0.15, 0.2) is 0 Å². The van der Waals surface area contributed by atoms with Crippen molar-refractivity contribution in [1.82, 2.24) is 14.9 Å².